The molecule has 1 aromatic carbocycles. The summed E-state index contributed by atoms with van der Waals surface area (Å²) in [5.41, 5.74) is 0.827. The Balaban J connectivity index is 2.03. The Kier molecular flexibility index (Phi) is 5.83. The molecule has 1 saturated heterocycles. The average molecular weight is 326 g/mol. The molecule has 0 N–H and O–H groups in total. The van der Waals surface area contributed by atoms with Gasteiger partial charge in [-0.05, 0) is 56.6 Å². The van der Waals surface area contributed by atoms with Crippen LogP contribution in [0.4, 0.5) is 0 Å². The van der Waals surface area contributed by atoms with Crippen LogP contribution in [0.5, 0.6) is 5.75 Å². The molecule has 22 heavy (non-hydrogen) atoms. The van der Waals surface area contributed by atoms with Crippen LogP contribution in [0.3, 0.4) is 0 Å². The van der Waals surface area contributed by atoms with Crippen molar-refractivity contribution in [3.63, 3.8) is 0 Å². The molecule has 0 aliphatic carbocycles. The summed E-state index contributed by atoms with van der Waals surface area (Å²) in [6.07, 6.45) is 3.72. The zero-order valence-corrected chi connectivity index (χ0v) is 14.5. The number of sulfonamides is 1. The minimum absolute atomic E-state index is 0.326. The summed E-state index contributed by atoms with van der Waals surface area (Å²) in [4.78, 5) is 2.67. The van der Waals surface area contributed by atoms with Crippen molar-refractivity contribution in [3.05, 3.63) is 23.8 Å². The molecular weight excluding hydrogens is 300 g/mol. The molecule has 0 saturated carbocycles. The van der Waals surface area contributed by atoms with E-state index in [-0.39, 0.29) is 0 Å². The Hall–Kier alpha value is -1.11. The van der Waals surface area contributed by atoms with Gasteiger partial charge < -0.3 is 9.64 Å². The van der Waals surface area contributed by atoms with Gasteiger partial charge in [0.25, 0.3) is 0 Å². The summed E-state index contributed by atoms with van der Waals surface area (Å²) in [5, 5.41) is 0. The van der Waals surface area contributed by atoms with Crippen LogP contribution in [0, 0.1) is 6.92 Å². The molecule has 1 aromatic rings. The van der Waals surface area contributed by atoms with Gasteiger partial charge in [0.05, 0.1) is 12.0 Å². The minimum Gasteiger partial charge on any atom is -0.496 e. The van der Waals surface area contributed by atoms with E-state index in [1.54, 1.807) is 32.4 Å². The van der Waals surface area contributed by atoms with Crippen molar-refractivity contribution >= 4 is 10.0 Å². The lowest BCUT2D eigenvalue weighted by Crippen LogP contribution is -2.38. The lowest BCUT2D eigenvalue weighted by molar-refractivity contribution is 0.218. The summed E-state index contributed by atoms with van der Waals surface area (Å²) in [6.45, 7) is 5.33. The number of rotatable bonds is 6. The first-order valence-electron chi connectivity index (χ1n) is 7.78. The van der Waals surface area contributed by atoms with Gasteiger partial charge in [0.15, 0.2) is 0 Å². The zero-order valence-electron chi connectivity index (χ0n) is 13.7. The number of likely N-dealkylation sites (N-methyl/N-ethyl adjacent to an activating group) is 1. The number of hydrogen-bond donors (Lipinski definition) is 0. The number of nitrogens with zero attached hydrogens (tertiary/aromatic N) is 2. The molecule has 1 aliphatic heterocycles. The highest BCUT2D eigenvalue weighted by Crippen LogP contribution is 2.23. The van der Waals surface area contributed by atoms with E-state index in [9.17, 15) is 8.42 Å². The van der Waals surface area contributed by atoms with Crippen molar-refractivity contribution in [3.8, 4) is 5.75 Å². The second-order valence-electron chi connectivity index (χ2n) is 5.86. The van der Waals surface area contributed by atoms with Gasteiger partial charge in [0.2, 0.25) is 10.0 Å². The normalized spacial score (nSPS) is 16.9. The molecule has 6 heteroatoms. The van der Waals surface area contributed by atoms with Gasteiger partial charge in [-0.2, -0.15) is 4.31 Å². The van der Waals surface area contributed by atoms with Gasteiger partial charge >= 0.3 is 0 Å². The summed E-state index contributed by atoms with van der Waals surface area (Å²) < 4.78 is 31.9. The Morgan fingerprint density at radius 2 is 1.91 bits per heavy atom. The molecule has 0 bridgehead atoms. The van der Waals surface area contributed by atoms with E-state index < -0.39 is 10.0 Å². The molecule has 2 rings (SSSR count). The fourth-order valence-corrected chi connectivity index (χ4v) is 4.02. The molecule has 0 radical (unpaired) electrons. The van der Waals surface area contributed by atoms with Crippen LogP contribution < -0.4 is 4.74 Å². The maximum absolute atomic E-state index is 12.6. The first-order chi connectivity index (χ1) is 10.4. The molecule has 0 atom stereocenters. The summed E-state index contributed by atoms with van der Waals surface area (Å²) in [5.74, 6) is 0.704. The van der Waals surface area contributed by atoms with Crippen molar-refractivity contribution in [1.82, 2.24) is 9.21 Å². The highest BCUT2D eigenvalue weighted by Gasteiger charge is 2.22. The van der Waals surface area contributed by atoms with Crippen LogP contribution in [-0.2, 0) is 10.0 Å². The minimum atomic E-state index is -3.44. The van der Waals surface area contributed by atoms with Crippen molar-refractivity contribution < 1.29 is 13.2 Å². The quantitative estimate of drug-likeness (QED) is 0.803. The third kappa shape index (κ3) is 4.00. The molecule has 0 spiro atoms. The van der Waals surface area contributed by atoms with Crippen molar-refractivity contribution in [1.29, 1.82) is 0 Å². The predicted octanol–water partition coefficient (Wildman–Crippen LogP) is 2.11. The topological polar surface area (TPSA) is 49.9 Å². The van der Waals surface area contributed by atoms with Gasteiger partial charge in [-0.15, -0.1) is 0 Å². The maximum Gasteiger partial charge on any atom is 0.242 e. The Labute approximate surface area is 133 Å². The Morgan fingerprint density at radius 3 is 2.50 bits per heavy atom. The number of aryl methyl sites for hydroxylation is 1. The van der Waals surface area contributed by atoms with Gasteiger partial charge in [-0.3, -0.25) is 0 Å². The molecule has 0 aromatic heterocycles. The second-order valence-corrected chi connectivity index (χ2v) is 7.91. The number of hydrogen-bond acceptors (Lipinski definition) is 4. The first-order valence-corrected chi connectivity index (χ1v) is 9.22. The highest BCUT2D eigenvalue weighted by molar-refractivity contribution is 7.89. The molecule has 1 fully saturated rings. The first kappa shape index (κ1) is 17.2. The Morgan fingerprint density at radius 1 is 1.23 bits per heavy atom. The van der Waals surface area contributed by atoms with E-state index in [1.165, 1.54) is 23.6 Å². The monoisotopic (exact) mass is 326 g/mol. The van der Waals surface area contributed by atoms with Crippen LogP contribution in [0.15, 0.2) is 23.1 Å². The van der Waals surface area contributed by atoms with Gasteiger partial charge in [0.1, 0.15) is 5.75 Å². The zero-order chi connectivity index (χ0) is 16.2. The lowest BCUT2D eigenvalue weighted by Gasteiger charge is -2.28. The molecule has 1 aliphatic rings. The number of ether oxygens (including phenoxy) is 1. The number of piperidine rings is 1. The van der Waals surface area contributed by atoms with Crippen LogP contribution >= 0.6 is 0 Å². The number of likely N-dealkylation sites (tertiary alicyclic amines) is 1. The van der Waals surface area contributed by atoms with E-state index in [4.69, 9.17) is 4.74 Å². The van der Waals surface area contributed by atoms with Gasteiger partial charge in [0, 0.05) is 20.1 Å². The van der Waals surface area contributed by atoms with Crippen molar-refractivity contribution in [2.45, 2.75) is 31.1 Å². The van der Waals surface area contributed by atoms with E-state index in [2.05, 4.69) is 4.90 Å². The summed E-state index contributed by atoms with van der Waals surface area (Å²) >= 11 is 0. The molecule has 1 heterocycles. The van der Waals surface area contributed by atoms with Crippen molar-refractivity contribution in [2.75, 3.05) is 40.3 Å². The third-order valence-corrected chi connectivity index (χ3v) is 6.11. The van der Waals surface area contributed by atoms with E-state index in [0.717, 1.165) is 25.2 Å². The molecule has 124 valence electrons. The summed E-state index contributed by atoms with van der Waals surface area (Å²) in [6, 6.07) is 4.99. The second kappa shape index (κ2) is 7.44. The van der Waals surface area contributed by atoms with Crippen LogP contribution in [0.25, 0.3) is 0 Å². The molecular formula is C16H26N2O3S. The molecule has 0 unspecified atom stereocenters. The van der Waals surface area contributed by atoms with Crippen LogP contribution in [0.2, 0.25) is 0 Å². The van der Waals surface area contributed by atoms with E-state index in [0.29, 0.717) is 17.2 Å². The van der Waals surface area contributed by atoms with Gasteiger partial charge in [-0.25, -0.2) is 8.42 Å². The largest absolute Gasteiger partial charge is 0.496 e. The maximum atomic E-state index is 12.6. The fraction of sp³-hybridized carbons (Fsp3) is 0.625. The highest BCUT2D eigenvalue weighted by atomic mass is 32.2. The van der Waals surface area contributed by atoms with Crippen LogP contribution in [-0.4, -0.2) is 58.0 Å². The van der Waals surface area contributed by atoms with Gasteiger partial charge in [-0.1, -0.05) is 6.42 Å². The standard InChI is InChI=1S/C16H26N2O3S/c1-14-13-15(7-8-16(14)21-3)22(19,20)17(2)11-12-18-9-5-4-6-10-18/h7-8,13H,4-6,9-12H2,1-3H3. The van der Waals surface area contributed by atoms with Crippen LogP contribution in [0.1, 0.15) is 24.8 Å². The SMILES string of the molecule is COc1ccc(S(=O)(=O)N(C)CCN2CCCCC2)cc1C. The van der Waals surface area contributed by atoms with Crippen molar-refractivity contribution in [2.24, 2.45) is 0 Å². The molecule has 0 amide bonds. The number of methoxy groups -OCH3 is 1. The third-order valence-electron chi connectivity index (χ3n) is 4.25. The summed E-state index contributed by atoms with van der Waals surface area (Å²) in [7, 11) is -0.200. The van der Waals surface area contributed by atoms with E-state index >= 15 is 0 Å². The average Bonchev–Trinajstić information content (AvgIpc) is 2.53. The molecule has 5 nitrogen and oxygen atoms in total. The Bertz CT molecular complexity index is 595. The lowest BCUT2D eigenvalue weighted by atomic mass is 10.1. The smallest absolute Gasteiger partial charge is 0.242 e. The fourth-order valence-electron chi connectivity index (χ4n) is 2.78. The predicted molar refractivity (Wildman–Crippen MR) is 87.8 cm³/mol. The van der Waals surface area contributed by atoms with E-state index in [1.807, 2.05) is 6.92 Å². The number of benzene rings is 1.